The van der Waals surface area contributed by atoms with Crippen molar-refractivity contribution in [1.29, 1.82) is 0 Å². The van der Waals surface area contributed by atoms with Gasteiger partial charge < -0.3 is 14.7 Å². The van der Waals surface area contributed by atoms with Gasteiger partial charge in [0.25, 0.3) is 5.92 Å². The number of hydrogen-bond donors (Lipinski definition) is 0. The number of aryl methyl sites for hydroxylation is 3. The summed E-state index contributed by atoms with van der Waals surface area (Å²) < 4.78 is 28.8. The van der Waals surface area contributed by atoms with Crippen LogP contribution in [0.1, 0.15) is 65.2 Å². The maximum Gasteiger partial charge on any atom is 0.320 e. The van der Waals surface area contributed by atoms with Gasteiger partial charge >= 0.3 is 6.03 Å². The molecule has 2 saturated heterocycles. The number of halogens is 2. The highest BCUT2D eigenvalue weighted by atomic mass is 19.3. The molecule has 2 amide bonds. The van der Waals surface area contributed by atoms with E-state index in [1.165, 1.54) is 23.3 Å². The van der Waals surface area contributed by atoms with Gasteiger partial charge in [0.05, 0.1) is 18.1 Å². The molecular formula is C30H37F2N3O. The molecule has 2 unspecified atom stereocenters. The smallest absolute Gasteiger partial charge is 0.320 e. The first-order valence-corrected chi connectivity index (χ1v) is 12.6. The van der Waals surface area contributed by atoms with Crippen molar-refractivity contribution in [1.82, 2.24) is 14.7 Å². The zero-order chi connectivity index (χ0) is 26.4. The van der Waals surface area contributed by atoms with Crippen LogP contribution in [0.25, 0.3) is 0 Å². The molecule has 4 rings (SSSR count). The summed E-state index contributed by atoms with van der Waals surface area (Å²) in [7, 11) is 1.76. The maximum absolute atomic E-state index is 14.4. The Morgan fingerprint density at radius 3 is 2.53 bits per heavy atom. The van der Waals surface area contributed by atoms with Gasteiger partial charge in [-0.25, -0.2) is 4.79 Å². The van der Waals surface area contributed by atoms with E-state index in [-0.39, 0.29) is 29.7 Å². The van der Waals surface area contributed by atoms with Crippen molar-refractivity contribution < 1.29 is 13.6 Å². The summed E-state index contributed by atoms with van der Waals surface area (Å²) in [5, 5.41) is 0. The van der Waals surface area contributed by atoms with Crippen molar-refractivity contribution in [3.8, 4) is 0 Å². The van der Waals surface area contributed by atoms with E-state index in [2.05, 4.69) is 50.1 Å². The number of allylic oxidation sites excluding steroid dienone is 2. The molecule has 4 nitrogen and oxygen atoms in total. The second-order valence-electron chi connectivity index (χ2n) is 10.4. The van der Waals surface area contributed by atoms with Gasteiger partial charge in [0.2, 0.25) is 0 Å². The topological polar surface area (TPSA) is 26.8 Å². The fraction of sp³-hybridized carbons (Fsp3) is 0.433. The Morgan fingerprint density at radius 1 is 1.14 bits per heavy atom. The minimum atomic E-state index is -3.13. The Kier molecular flexibility index (Phi) is 7.00. The molecule has 2 heterocycles. The van der Waals surface area contributed by atoms with E-state index in [4.69, 9.17) is 0 Å². The summed E-state index contributed by atoms with van der Waals surface area (Å²) in [6.45, 7) is 16.7. The van der Waals surface area contributed by atoms with Gasteiger partial charge in [-0.15, -0.1) is 0 Å². The van der Waals surface area contributed by atoms with Crippen LogP contribution in [0.3, 0.4) is 0 Å². The Morgan fingerprint density at radius 2 is 1.86 bits per heavy atom. The monoisotopic (exact) mass is 493 g/mol. The summed E-state index contributed by atoms with van der Waals surface area (Å²) in [5.74, 6) is -3.13. The lowest BCUT2D eigenvalue weighted by Crippen LogP contribution is -2.56. The third kappa shape index (κ3) is 4.65. The van der Waals surface area contributed by atoms with Crippen LogP contribution in [0.5, 0.6) is 0 Å². The number of nitrogens with zero attached hydrogens (tertiary/aromatic N) is 3. The molecule has 2 aromatic rings. The van der Waals surface area contributed by atoms with Gasteiger partial charge in [-0.3, -0.25) is 0 Å². The number of carbonyl (C=O) groups is 1. The second kappa shape index (κ2) is 9.72. The number of amides is 2. The molecule has 6 heteroatoms. The minimum Gasteiger partial charge on any atom is -0.368 e. The van der Waals surface area contributed by atoms with Gasteiger partial charge in [0.1, 0.15) is 0 Å². The minimum absolute atomic E-state index is 0.0943. The normalized spacial score (nSPS) is 20.8. The number of piperazine rings is 1. The van der Waals surface area contributed by atoms with Crippen LogP contribution in [-0.2, 0) is 5.92 Å². The summed E-state index contributed by atoms with van der Waals surface area (Å²) >= 11 is 0. The fourth-order valence-corrected chi connectivity index (χ4v) is 5.77. The standard InChI is InChI=1S/C30H37F2N3O/c1-8-30(31,32)25-17-20(3)16-24(18-25)23(6)33(7)29(36)35-14-13-34-22(5)10-12-27(34)28(35)26-11-9-19(2)15-21(26)4/h8-9,11,15-18,23,27-28H,1,5,10,12-14H2,2-4,6-7H3/t23-,27?,28?/m1/s1. The number of fused-ring (bicyclic) bond motifs is 1. The molecule has 2 aliphatic rings. The lowest BCUT2D eigenvalue weighted by atomic mass is 9.90. The Bertz CT molecular complexity index is 1190. The van der Waals surface area contributed by atoms with Gasteiger partial charge in [0, 0.05) is 31.4 Å². The summed E-state index contributed by atoms with van der Waals surface area (Å²) in [6.07, 6.45) is 2.55. The highest BCUT2D eigenvalue weighted by Crippen LogP contribution is 2.42. The third-order valence-electron chi connectivity index (χ3n) is 7.91. The molecule has 36 heavy (non-hydrogen) atoms. The van der Waals surface area contributed by atoms with Gasteiger partial charge in [0.15, 0.2) is 0 Å². The number of rotatable bonds is 5. The first kappa shape index (κ1) is 25.9. The predicted molar refractivity (Wildman–Crippen MR) is 141 cm³/mol. The fourth-order valence-electron chi connectivity index (χ4n) is 5.77. The van der Waals surface area contributed by atoms with Gasteiger partial charge in [-0.2, -0.15) is 8.78 Å². The number of carbonyl (C=O) groups excluding carboxylic acids is 1. The van der Waals surface area contributed by atoms with E-state index >= 15 is 0 Å². The molecule has 0 saturated carbocycles. The molecule has 2 aromatic carbocycles. The van der Waals surface area contributed by atoms with Gasteiger partial charge in [-0.05, 0) is 75.4 Å². The van der Waals surface area contributed by atoms with Crippen LogP contribution >= 0.6 is 0 Å². The molecule has 2 fully saturated rings. The molecule has 0 N–H and O–H groups in total. The van der Waals surface area contributed by atoms with Crippen molar-refractivity contribution >= 4 is 6.03 Å². The highest BCUT2D eigenvalue weighted by molar-refractivity contribution is 5.76. The van der Waals surface area contributed by atoms with Crippen LogP contribution in [0.4, 0.5) is 13.6 Å². The van der Waals surface area contributed by atoms with Crippen LogP contribution in [0.15, 0.2) is 61.3 Å². The Labute approximate surface area is 213 Å². The molecule has 0 bridgehead atoms. The third-order valence-corrected chi connectivity index (χ3v) is 7.91. The van der Waals surface area contributed by atoms with E-state index in [9.17, 15) is 13.6 Å². The van der Waals surface area contributed by atoms with Crippen molar-refractivity contribution in [2.45, 2.75) is 64.6 Å². The first-order chi connectivity index (χ1) is 16.9. The molecule has 0 radical (unpaired) electrons. The van der Waals surface area contributed by atoms with Gasteiger partial charge in [-0.1, -0.05) is 48.6 Å². The summed E-state index contributed by atoms with van der Waals surface area (Å²) in [4.78, 5) is 20.0. The summed E-state index contributed by atoms with van der Waals surface area (Å²) in [5.41, 5.74) is 5.95. The Balaban J connectivity index is 1.67. The van der Waals surface area contributed by atoms with Crippen LogP contribution in [-0.4, -0.2) is 46.9 Å². The van der Waals surface area contributed by atoms with E-state index < -0.39 is 5.92 Å². The molecule has 0 spiro atoms. The lowest BCUT2D eigenvalue weighted by Gasteiger charge is -2.48. The molecule has 3 atom stereocenters. The van der Waals surface area contributed by atoms with Crippen molar-refractivity contribution in [2.75, 3.05) is 20.1 Å². The largest absolute Gasteiger partial charge is 0.368 e. The van der Waals surface area contributed by atoms with Crippen LogP contribution in [0, 0.1) is 20.8 Å². The predicted octanol–water partition coefficient (Wildman–Crippen LogP) is 7.04. The van der Waals surface area contributed by atoms with Crippen LogP contribution < -0.4 is 0 Å². The SMILES string of the molecule is C=CC(F)(F)c1cc(C)cc([C@@H](C)N(C)C(=O)N2CCN3C(=C)CCC3C2c2ccc(C)cc2C)c1. The maximum atomic E-state index is 14.4. The van der Waals surface area contributed by atoms with Crippen molar-refractivity contribution in [2.24, 2.45) is 0 Å². The van der Waals surface area contributed by atoms with E-state index in [0.717, 1.165) is 36.2 Å². The molecule has 192 valence electrons. The molecular weight excluding hydrogens is 456 g/mol. The number of alkyl halides is 2. The molecule has 0 aromatic heterocycles. The number of urea groups is 1. The van der Waals surface area contributed by atoms with Crippen molar-refractivity contribution in [3.05, 3.63) is 94.7 Å². The highest BCUT2D eigenvalue weighted by Gasteiger charge is 2.44. The molecule has 0 aliphatic carbocycles. The zero-order valence-electron chi connectivity index (χ0n) is 22.0. The molecule has 2 aliphatic heterocycles. The number of benzene rings is 2. The quantitative estimate of drug-likeness (QED) is 0.418. The summed E-state index contributed by atoms with van der Waals surface area (Å²) in [6, 6.07) is 10.9. The van der Waals surface area contributed by atoms with E-state index in [1.807, 2.05) is 17.9 Å². The van der Waals surface area contributed by atoms with Crippen molar-refractivity contribution in [3.63, 3.8) is 0 Å². The lowest BCUT2D eigenvalue weighted by molar-refractivity contribution is 0.0520. The van der Waals surface area contributed by atoms with Crippen LogP contribution in [0.2, 0.25) is 0 Å². The average Bonchev–Trinajstić information content (AvgIpc) is 3.22. The first-order valence-electron chi connectivity index (χ1n) is 12.6. The zero-order valence-corrected chi connectivity index (χ0v) is 22.0. The number of hydrogen-bond acceptors (Lipinski definition) is 2. The average molecular weight is 494 g/mol. The van der Waals surface area contributed by atoms with E-state index in [0.29, 0.717) is 18.2 Å². The second-order valence-corrected chi connectivity index (χ2v) is 10.4. The van der Waals surface area contributed by atoms with E-state index in [1.54, 1.807) is 18.9 Å². The Hall–Kier alpha value is -3.15.